The zero-order valence-corrected chi connectivity index (χ0v) is 17.7. The van der Waals surface area contributed by atoms with E-state index < -0.39 is 15.6 Å². The van der Waals surface area contributed by atoms with Crippen LogP contribution in [0.15, 0.2) is 23.1 Å². The van der Waals surface area contributed by atoms with Gasteiger partial charge in [-0.3, -0.25) is 4.79 Å². The zero-order valence-electron chi connectivity index (χ0n) is 16.1. The van der Waals surface area contributed by atoms with Crippen molar-refractivity contribution in [2.24, 2.45) is 0 Å². The highest BCUT2D eigenvalue weighted by Crippen LogP contribution is 2.30. The van der Waals surface area contributed by atoms with Crippen LogP contribution in [0.3, 0.4) is 0 Å². The first-order valence-electron chi connectivity index (χ1n) is 8.53. The number of carbonyl (C=O) groups is 1. The molecule has 1 aliphatic rings. The molecule has 10 heteroatoms. The Hall–Kier alpha value is -1.39. The lowest BCUT2D eigenvalue weighted by atomic mass is 9.91. The number of anilines is 1. The Morgan fingerprint density at radius 2 is 1.93 bits per heavy atom. The Balaban J connectivity index is 0.00000364. The van der Waals surface area contributed by atoms with E-state index in [1.807, 2.05) is 0 Å². The summed E-state index contributed by atoms with van der Waals surface area (Å²) in [6, 6.07) is 4.60. The highest BCUT2D eigenvalue weighted by Gasteiger charge is 2.39. The van der Waals surface area contributed by atoms with Crippen LogP contribution in [0.2, 0.25) is 0 Å². The molecule has 2 N–H and O–H groups in total. The van der Waals surface area contributed by atoms with Crippen LogP contribution in [0.5, 0.6) is 5.75 Å². The van der Waals surface area contributed by atoms with E-state index in [0.29, 0.717) is 38.2 Å². The van der Waals surface area contributed by atoms with Gasteiger partial charge in [0, 0.05) is 26.9 Å². The van der Waals surface area contributed by atoms with Crippen LogP contribution in [-0.2, 0) is 19.6 Å². The van der Waals surface area contributed by atoms with Crippen molar-refractivity contribution < 1.29 is 22.7 Å². The molecule has 0 atom stereocenters. The first-order chi connectivity index (χ1) is 12.3. The van der Waals surface area contributed by atoms with Crippen LogP contribution in [0.25, 0.3) is 0 Å². The number of carbonyl (C=O) groups excluding carboxylic acids is 1. The predicted octanol–water partition coefficient (Wildman–Crippen LogP) is 1.46. The van der Waals surface area contributed by atoms with E-state index in [4.69, 9.17) is 9.47 Å². The van der Waals surface area contributed by atoms with E-state index in [9.17, 15) is 13.2 Å². The van der Waals surface area contributed by atoms with Crippen LogP contribution in [-0.4, -0.2) is 65.1 Å². The number of benzene rings is 1. The molecule has 0 bridgehead atoms. The number of nitrogens with zero attached hydrogens (tertiary/aromatic N) is 1. The van der Waals surface area contributed by atoms with Gasteiger partial charge in [-0.1, -0.05) is 0 Å². The summed E-state index contributed by atoms with van der Waals surface area (Å²) in [6.07, 6.45) is 1.10. The summed E-state index contributed by atoms with van der Waals surface area (Å²) in [5.41, 5.74) is -0.529. The molecule has 0 aliphatic carbocycles. The van der Waals surface area contributed by atoms with Gasteiger partial charge in [-0.25, -0.2) is 12.7 Å². The highest BCUT2D eigenvalue weighted by molar-refractivity contribution is 7.89. The predicted molar refractivity (Wildman–Crippen MR) is 106 cm³/mol. The quantitative estimate of drug-likeness (QED) is 0.691. The molecule has 1 aromatic carbocycles. The number of piperidine rings is 1. The van der Waals surface area contributed by atoms with Gasteiger partial charge in [0.1, 0.15) is 16.2 Å². The van der Waals surface area contributed by atoms with Gasteiger partial charge in [-0.05, 0) is 51.1 Å². The van der Waals surface area contributed by atoms with Gasteiger partial charge in [0.2, 0.25) is 10.0 Å². The molecule has 0 unspecified atom stereocenters. The number of amides is 1. The van der Waals surface area contributed by atoms with Crippen LogP contribution in [0, 0.1) is 0 Å². The molecule has 2 rings (SSSR count). The van der Waals surface area contributed by atoms with Gasteiger partial charge in [0.15, 0.2) is 0 Å². The topological polar surface area (TPSA) is 97.0 Å². The standard InChI is InChI=1S/C17H27N3O5S.ClH/c1-5-25-14-7-6-13(12-15(14)26(22,23)20(2)3)19-16(21)17(24-4)8-10-18-11-9-17;/h6-7,12,18H,5,8-11H2,1-4H3,(H,19,21);1H. The van der Waals surface area contributed by atoms with E-state index >= 15 is 0 Å². The maximum Gasteiger partial charge on any atom is 0.256 e. The summed E-state index contributed by atoms with van der Waals surface area (Å²) in [6.45, 7) is 3.48. The van der Waals surface area contributed by atoms with Gasteiger partial charge in [0.05, 0.1) is 6.61 Å². The molecule has 8 nitrogen and oxygen atoms in total. The minimum Gasteiger partial charge on any atom is -0.492 e. The Morgan fingerprint density at radius 3 is 2.44 bits per heavy atom. The minimum absolute atomic E-state index is 0. The average Bonchev–Trinajstić information content (AvgIpc) is 2.63. The van der Waals surface area contributed by atoms with Crippen molar-refractivity contribution >= 4 is 34.0 Å². The van der Waals surface area contributed by atoms with Crippen molar-refractivity contribution in [2.45, 2.75) is 30.3 Å². The molecule has 1 aromatic rings. The molecule has 154 valence electrons. The van der Waals surface area contributed by atoms with Gasteiger partial charge in [0.25, 0.3) is 5.91 Å². The van der Waals surface area contributed by atoms with Crippen molar-refractivity contribution in [3.05, 3.63) is 18.2 Å². The lowest BCUT2D eigenvalue weighted by Crippen LogP contribution is -2.51. The van der Waals surface area contributed by atoms with Crippen LogP contribution < -0.4 is 15.4 Å². The van der Waals surface area contributed by atoms with Crippen LogP contribution in [0.1, 0.15) is 19.8 Å². The molecule has 27 heavy (non-hydrogen) atoms. The molecule has 0 aromatic heterocycles. The Bertz CT molecular complexity index is 749. The number of halogens is 1. The van der Waals surface area contributed by atoms with E-state index in [0.717, 1.165) is 4.31 Å². The van der Waals surface area contributed by atoms with Gasteiger partial charge in [-0.2, -0.15) is 0 Å². The second-order valence-electron chi connectivity index (χ2n) is 6.28. The molecular weight excluding hydrogens is 394 g/mol. The molecule has 0 spiro atoms. The Labute approximate surface area is 167 Å². The largest absolute Gasteiger partial charge is 0.492 e. The van der Waals surface area contributed by atoms with E-state index in [1.54, 1.807) is 19.1 Å². The minimum atomic E-state index is -3.72. The lowest BCUT2D eigenvalue weighted by Gasteiger charge is -2.34. The van der Waals surface area contributed by atoms with Crippen LogP contribution in [0.4, 0.5) is 5.69 Å². The van der Waals surface area contributed by atoms with Crippen molar-refractivity contribution in [3.8, 4) is 5.75 Å². The fourth-order valence-electron chi connectivity index (χ4n) is 2.86. The van der Waals surface area contributed by atoms with Gasteiger partial charge in [-0.15, -0.1) is 12.4 Å². The number of hydrogen-bond donors (Lipinski definition) is 2. The SMILES string of the molecule is CCOc1ccc(NC(=O)C2(OC)CCNCC2)cc1S(=O)(=O)N(C)C.Cl. The maximum atomic E-state index is 12.8. The second-order valence-corrected chi connectivity index (χ2v) is 8.40. The summed E-state index contributed by atoms with van der Waals surface area (Å²) in [4.78, 5) is 12.8. The summed E-state index contributed by atoms with van der Waals surface area (Å²) in [5.74, 6) is -0.0265. The lowest BCUT2D eigenvalue weighted by molar-refractivity contribution is -0.140. The number of ether oxygens (including phenoxy) is 2. The maximum absolute atomic E-state index is 12.8. The van der Waals surface area contributed by atoms with Crippen LogP contribution >= 0.6 is 12.4 Å². The summed E-state index contributed by atoms with van der Waals surface area (Å²) in [5, 5.41) is 5.99. The number of nitrogens with one attached hydrogen (secondary N) is 2. The fraction of sp³-hybridized carbons (Fsp3) is 0.588. The number of rotatable bonds is 7. The normalized spacial score (nSPS) is 16.5. The molecular formula is C17H28ClN3O5S. The Kier molecular flexibility index (Phi) is 8.49. The third kappa shape index (κ3) is 5.11. The zero-order chi connectivity index (χ0) is 19.4. The second kappa shape index (κ2) is 9.70. The third-order valence-corrected chi connectivity index (χ3v) is 6.31. The highest BCUT2D eigenvalue weighted by atomic mass is 35.5. The van der Waals surface area contributed by atoms with Crippen molar-refractivity contribution in [1.82, 2.24) is 9.62 Å². The van der Waals surface area contributed by atoms with Crippen molar-refractivity contribution in [1.29, 1.82) is 0 Å². The molecule has 1 heterocycles. The smallest absolute Gasteiger partial charge is 0.256 e. The van der Waals surface area contributed by atoms with E-state index in [2.05, 4.69) is 10.6 Å². The summed E-state index contributed by atoms with van der Waals surface area (Å²) < 4.78 is 37.2. The molecule has 1 saturated heterocycles. The van der Waals surface area contributed by atoms with Gasteiger partial charge < -0.3 is 20.1 Å². The molecule has 1 amide bonds. The monoisotopic (exact) mass is 421 g/mol. The number of sulfonamides is 1. The van der Waals surface area contributed by atoms with E-state index in [1.165, 1.54) is 27.3 Å². The van der Waals surface area contributed by atoms with Gasteiger partial charge >= 0.3 is 0 Å². The van der Waals surface area contributed by atoms with E-state index in [-0.39, 0.29) is 29.0 Å². The fourth-order valence-corrected chi connectivity index (χ4v) is 3.91. The van der Waals surface area contributed by atoms with Crippen molar-refractivity contribution in [2.75, 3.05) is 46.2 Å². The molecule has 1 aliphatic heterocycles. The molecule has 0 radical (unpaired) electrons. The summed E-state index contributed by atoms with van der Waals surface area (Å²) >= 11 is 0. The first kappa shape index (κ1) is 23.6. The average molecular weight is 422 g/mol. The summed E-state index contributed by atoms with van der Waals surface area (Å²) in [7, 11) is 0.700. The molecule has 0 saturated carbocycles. The number of hydrogen-bond acceptors (Lipinski definition) is 6. The van der Waals surface area contributed by atoms with Crippen molar-refractivity contribution in [3.63, 3.8) is 0 Å². The number of methoxy groups -OCH3 is 1. The third-order valence-electron chi connectivity index (χ3n) is 4.48. The first-order valence-corrected chi connectivity index (χ1v) is 9.97. The molecule has 1 fully saturated rings. The Morgan fingerprint density at radius 1 is 1.30 bits per heavy atom.